The van der Waals surface area contributed by atoms with Crippen LogP contribution in [-0.2, 0) is 4.79 Å². The first-order valence-electron chi connectivity index (χ1n) is 6.77. The van der Waals surface area contributed by atoms with Crippen molar-refractivity contribution in [2.24, 2.45) is 0 Å². The number of benzene rings is 1. The first-order chi connectivity index (χ1) is 9.00. The van der Waals surface area contributed by atoms with Crippen LogP contribution in [0.2, 0.25) is 0 Å². The van der Waals surface area contributed by atoms with Crippen LogP contribution in [0.4, 0.5) is 5.69 Å². The standard InChI is InChI=1S/C15H22N2O2/c1-11(2)12-6-4-5-7-13(12)17-9-8-16(3)10-14(17)15(18)19/h4-7,11,14H,8-10H2,1-3H3,(H,18,19). The third-order valence-electron chi connectivity index (χ3n) is 3.74. The Hall–Kier alpha value is -1.55. The lowest BCUT2D eigenvalue weighted by Gasteiger charge is -2.40. The third-order valence-corrected chi connectivity index (χ3v) is 3.74. The zero-order valence-electron chi connectivity index (χ0n) is 11.8. The number of aliphatic carboxylic acids is 1. The van der Waals surface area contributed by atoms with E-state index in [1.165, 1.54) is 5.56 Å². The number of para-hydroxylation sites is 1. The fourth-order valence-electron chi connectivity index (χ4n) is 2.66. The van der Waals surface area contributed by atoms with Gasteiger partial charge in [-0.1, -0.05) is 32.0 Å². The number of anilines is 1. The van der Waals surface area contributed by atoms with Gasteiger partial charge in [-0.15, -0.1) is 0 Å². The fraction of sp³-hybridized carbons (Fsp3) is 0.533. The molecule has 1 fully saturated rings. The van der Waals surface area contributed by atoms with Crippen LogP contribution in [0.25, 0.3) is 0 Å². The van der Waals surface area contributed by atoms with E-state index in [1.807, 2.05) is 30.1 Å². The molecule has 1 aromatic rings. The second-order valence-electron chi connectivity index (χ2n) is 5.52. The normalized spacial score (nSPS) is 20.8. The fourth-order valence-corrected chi connectivity index (χ4v) is 2.66. The van der Waals surface area contributed by atoms with Crippen molar-refractivity contribution in [2.45, 2.75) is 25.8 Å². The Balaban J connectivity index is 2.36. The highest BCUT2D eigenvalue weighted by atomic mass is 16.4. The molecular formula is C15H22N2O2. The maximum atomic E-state index is 11.5. The van der Waals surface area contributed by atoms with E-state index in [0.717, 1.165) is 18.8 Å². The number of hydrogen-bond donors (Lipinski definition) is 1. The summed E-state index contributed by atoms with van der Waals surface area (Å²) in [4.78, 5) is 15.6. The van der Waals surface area contributed by atoms with Gasteiger partial charge in [-0.05, 0) is 24.6 Å². The van der Waals surface area contributed by atoms with Crippen molar-refractivity contribution in [2.75, 3.05) is 31.6 Å². The molecule has 0 spiro atoms. The van der Waals surface area contributed by atoms with Gasteiger partial charge in [0, 0.05) is 25.3 Å². The van der Waals surface area contributed by atoms with Gasteiger partial charge in [0.05, 0.1) is 0 Å². The molecule has 0 amide bonds. The molecule has 104 valence electrons. The lowest BCUT2D eigenvalue weighted by Crippen LogP contribution is -2.55. The Morgan fingerprint density at radius 2 is 2.00 bits per heavy atom. The van der Waals surface area contributed by atoms with E-state index in [-0.39, 0.29) is 0 Å². The quantitative estimate of drug-likeness (QED) is 0.905. The van der Waals surface area contributed by atoms with E-state index in [4.69, 9.17) is 0 Å². The number of carboxylic acids is 1. The van der Waals surface area contributed by atoms with Crippen LogP contribution in [0.15, 0.2) is 24.3 Å². The van der Waals surface area contributed by atoms with E-state index in [1.54, 1.807) is 0 Å². The lowest BCUT2D eigenvalue weighted by molar-refractivity contribution is -0.139. The van der Waals surface area contributed by atoms with E-state index < -0.39 is 12.0 Å². The molecule has 4 heteroatoms. The molecule has 1 heterocycles. The molecule has 1 aromatic carbocycles. The molecule has 0 aromatic heterocycles. The van der Waals surface area contributed by atoms with E-state index in [9.17, 15) is 9.90 Å². The second kappa shape index (κ2) is 5.61. The summed E-state index contributed by atoms with van der Waals surface area (Å²) in [6.07, 6.45) is 0. The summed E-state index contributed by atoms with van der Waals surface area (Å²) >= 11 is 0. The molecule has 2 rings (SSSR count). The average molecular weight is 262 g/mol. The van der Waals surface area contributed by atoms with Crippen molar-refractivity contribution in [1.29, 1.82) is 0 Å². The highest BCUT2D eigenvalue weighted by Gasteiger charge is 2.32. The van der Waals surface area contributed by atoms with Crippen LogP contribution in [-0.4, -0.2) is 48.7 Å². The van der Waals surface area contributed by atoms with Gasteiger partial charge in [0.15, 0.2) is 0 Å². The number of nitrogens with zero attached hydrogens (tertiary/aromatic N) is 2. The minimum Gasteiger partial charge on any atom is -0.480 e. The van der Waals surface area contributed by atoms with Gasteiger partial charge in [0.25, 0.3) is 0 Å². The number of piperazine rings is 1. The van der Waals surface area contributed by atoms with Crippen LogP contribution in [0.1, 0.15) is 25.3 Å². The predicted octanol–water partition coefficient (Wildman–Crippen LogP) is 2.01. The van der Waals surface area contributed by atoms with Crippen molar-refractivity contribution in [3.8, 4) is 0 Å². The maximum Gasteiger partial charge on any atom is 0.327 e. The van der Waals surface area contributed by atoms with Gasteiger partial charge < -0.3 is 14.9 Å². The van der Waals surface area contributed by atoms with Gasteiger partial charge in [-0.2, -0.15) is 0 Å². The Kier molecular flexibility index (Phi) is 4.10. The van der Waals surface area contributed by atoms with Crippen molar-refractivity contribution < 1.29 is 9.90 Å². The summed E-state index contributed by atoms with van der Waals surface area (Å²) in [7, 11) is 1.97. The average Bonchev–Trinajstić information content (AvgIpc) is 2.38. The van der Waals surface area contributed by atoms with Gasteiger partial charge in [-0.3, -0.25) is 0 Å². The van der Waals surface area contributed by atoms with Crippen molar-refractivity contribution in [1.82, 2.24) is 4.90 Å². The first kappa shape index (κ1) is 13.9. The summed E-state index contributed by atoms with van der Waals surface area (Å²) < 4.78 is 0. The number of hydrogen-bond acceptors (Lipinski definition) is 3. The number of carbonyl (C=O) groups is 1. The summed E-state index contributed by atoms with van der Waals surface area (Å²) in [5, 5.41) is 9.45. The van der Waals surface area contributed by atoms with E-state index in [2.05, 4.69) is 24.8 Å². The van der Waals surface area contributed by atoms with Crippen LogP contribution in [0, 0.1) is 0 Å². The van der Waals surface area contributed by atoms with Gasteiger partial charge in [0.1, 0.15) is 6.04 Å². The van der Waals surface area contributed by atoms with Crippen molar-refractivity contribution >= 4 is 11.7 Å². The van der Waals surface area contributed by atoms with Crippen molar-refractivity contribution in [3.63, 3.8) is 0 Å². The molecule has 1 saturated heterocycles. The molecule has 1 aliphatic heterocycles. The molecule has 1 atom stereocenters. The van der Waals surface area contributed by atoms with E-state index >= 15 is 0 Å². The highest BCUT2D eigenvalue weighted by Crippen LogP contribution is 2.29. The van der Waals surface area contributed by atoms with Crippen LogP contribution >= 0.6 is 0 Å². The number of likely N-dealkylation sites (N-methyl/N-ethyl adjacent to an activating group) is 1. The molecule has 1 N–H and O–H groups in total. The molecule has 1 unspecified atom stereocenters. The zero-order chi connectivity index (χ0) is 14.0. The largest absolute Gasteiger partial charge is 0.480 e. The Labute approximate surface area is 114 Å². The van der Waals surface area contributed by atoms with Gasteiger partial charge in [0.2, 0.25) is 0 Å². The summed E-state index contributed by atoms with van der Waals surface area (Å²) in [5.41, 5.74) is 2.29. The Morgan fingerprint density at radius 3 is 2.63 bits per heavy atom. The highest BCUT2D eigenvalue weighted by molar-refractivity contribution is 5.79. The van der Waals surface area contributed by atoms with Gasteiger partial charge in [-0.25, -0.2) is 4.79 Å². The molecule has 0 saturated carbocycles. The van der Waals surface area contributed by atoms with Crippen LogP contribution < -0.4 is 4.90 Å². The number of rotatable bonds is 3. The maximum absolute atomic E-state index is 11.5. The second-order valence-corrected chi connectivity index (χ2v) is 5.52. The topological polar surface area (TPSA) is 43.8 Å². The minimum atomic E-state index is -0.745. The van der Waals surface area contributed by atoms with Crippen LogP contribution in [0.3, 0.4) is 0 Å². The number of carboxylic acid groups (broad SMARTS) is 1. The molecule has 4 nitrogen and oxygen atoms in total. The smallest absolute Gasteiger partial charge is 0.327 e. The predicted molar refractivity (Wildman–Crippen MR) is 76.8 cm³/mol. The first-order valence-corrected chi connectivity index (χ1v) is 6.77. The molecule has 0 radical (unpaired) electrons. The SMILES string of the molecule is CC(C)c1ccccc1N1CCN(C)CC1C(=O)O. The molecule has 0 aliphatic carbocycles. The van der Waals surface area contributed by atoms with Crippen molar-refractivity contribution in [3.05, 3.63) is 29.8 Å². The Bertz CT molecular complexity index is 459. The molecule has 1 aliphatic rings. The minimum absolute atomic E-state index is 0.394. The summed E-state index contributed by atoms with van der Waals surface area (Å²) in [6.45, 7) is 6.52. The Morgan fingerprint density at radius 1 is 1.32 bits per heavy atom. The summed E-state index contributed by atoms with van der Waals surface area (Å²) in [6, 6.07) is 7.68. The summed E-state index contributed by atoms with van der Waals surface area (Å²) in [5.74, 6) is -0.351. The third kappa shape index (κ3) is 2.89. The molecular weight excluding hydrogens is 240 g/mol. The van der Waals surface area contributed by atoms with E-state index in [0.29, 0.717) is 12.5 Å². The van der Waals surface area contributed by atoms with Crippen LogP contribution in [0.5, 0.6) is 0 Å². The zero-order valence-corrected chi connectivity index (χ0v) is 11.8. The molecule has 0 bridgehead atoms. The monoisotopic (exact) mass is 262 g/mol. The lowest BCUT2D eigenvalue weighted by atomic mass is 9.99. The molecule has 19 heavy (non-hydrogen) atoms. The van der Waals surface area contributed by atoms with Gasteiger partial charge >= 0.3 is 5.97 Å².